The van der Waals surface area contributed by atoms with Gasteiger partial charge >= 0.3 is 5.91 Å². The van der Waals surface area contributed by atoms with Crippen LogP contribution in [0.25, 0.3) is 10.9 Å². The molecule has 148 valence electrons. The Morgan fingerprint density at radius 2 is 1.83 bits per heavy atom. The molecule has 4 aromatic rings. The summed E-state index contributed by atoms with van der Waals surface area (Å²) in [6.07, 6.45) is 1.96. The van der Waals surface area contributed by atoms with Gasteiger partial charge in [-0.2, -0.15) is 5.10 Å². The van der Waals surface area contributed by atoms with Crippen LogP contribution in [0.2, 0.25) is 10.2 Å². The molecule has 1 unspecified atom stereocenters. The maximum Gasteiger partial charge on any atom is 0.310 e. The van der Waals surface area contributed by atoms with Crippen LogP contribution in [-0.2, 0) is 0 Å². The zero-order valence-corrected chi connectivity index (χ0v) is 17.1. The summed E-state index contributed by atoms with van der Waals surface area (Å²) in [5.74, 6) is -0.121. The molecule has 0 N–H and O–H groups in total. The highest BCUT2D eigenvalue weighted by atomic mass is 35.5. The average molecular weight is 436 g/mol. The number of aromatic nitrogens is 1. The summed E-state index contributed by atoms with van der Waals surface area (Å²) in [6, 6.07) is 20.0. The van der Waals surface area contributed by atoms with E-state index in [1.165, 1.54) is 11.3 Å². The van der Waals surface area contributed by atoms with Gasteiger partial charge in [0.1, 0.15) is 5.15 Å². The number of furan rings is 1. The quantitative estimate of drug-likeness (QED) is 0.363. The van der Waals surface area contributed by atoms with Gasteiger partial charge in [-0.3, -0.25) is 4.79 Å². The van der Waals surface area contributed by atoms with Gasteiger partial charge in [0.25, 0.3) is 0 Å². The van der Waals surface area contributed by atoms with Gasteiger partial charge in [-0.25, -0.2) is 9.99 Å². The molecule has 7 heteroatoms. The lowest BCUT2D eigenvalue weighted by Crippen LogP contribution is -2.27. The topological polar surface area (TPSA) is 58.7 Å². The monoisotopic (exact) mass is 435 g/mol. The first kappa shape index (κ1) is 18.9. The number of carbonyl (C=O) groups excluding carboxylic acids is 1. The van der Waals surface area contributed by atoms with Crippen molar-refractivity contribution >= 4 is 45.7 Å². The Morgan fingerprint density at radius 3 is 2.60 bits per heavy atom. The summed E-state index contributed by atoms with van der Waals surface area (Å²) < 4.78 is 5.32. The Hall–Kier alpha value is -3.15. The second kappa shape index (κ2) is 7.59. The van der Waals surface area contributed by atoms with Crippen molar-refractivity contribution in [2.24, 2.45) is 5.10 Å². The van der Waals surface area contributed by atoms with Crippen LogP contribution in [0.5, 0.6) is 0 Å². The predicted octanol–water partition coefficient (Wildman–Crippen LogP) is 6.13. The van der Waals surface area contributed by atoms with Crippen molar-refractivity contribution in [1.29, 1.82) is 0 Å². The summed E-state index contributed by atoms with van der Waals surface area (Å²) in [5.41, 5.74) is 3.19. The fraction of sp³-hybridized carbons (Fsp3) is 0.0870. The number of benzene rings is 2. The van der Waals surface area contributed by atoms with E-state index < -0.39 is 6.04 Å². The Balaban J connectivity index is 1.60. The molecular weight excluding hydrogens is 421 g/mol. The van der Waals surface area contributed by atoms with Crippen molar-refractivity contribution in [1.82, 2.24) is 9.99 Å². The Bertz CT molecular complexity index is 1270. The van der Waals surface area contributed by atoms with Gasteiger partial charge in [-0.05, 0) is 42.0 Å². The average Bonchev–Trinajstić information content (AvgIpc) is 3.44. The van der Waals surface area contributed by atoms with Crippen LogP contribution in [0.3, 0.4) is 0 Å². The van der Waals surface area contributed by atoms with E-state index >= 15 is 0 Å². The van der Waals surface area contributed by atoms with Crippen LogP contribution in [0.1, 0.15) is 34.1 Å². The van der Waals surface area contributed by atoms with Crippen LogP contribution >= 0.6 is 23.2 Å². The first-order valence-corrected chi connectivity index (χ1v) is 10.1. The van der Waals surface area contributed by atoms with E-state index in [2.05, 4.69) is 10.1 Å². The first-order chi connectivity index (χ1) is 14.6. The van der Waals surface area contributed by atoms with E-state index in [0.29, 0.717) is 16.6 Å². The number of fused-ring (bicyclic) bond motifs is 1. The van der Waals surface area contributed by atoms with Gasteiger partial charge < -0.3 is 4.42 Å². The molecule has 30 heavy (non-hydrogen) atoms. The fourth-order valence-corrected chi connectivity index (χ4v) is 4.01. The van der Waals surface area contributed by atoms with Crippen LogP contribution in [0.15, 0.2) is 82.5 Å². The summed E-state index contributed by atoms with van der Waals surface area (Å²) in [7, 11) is 0. The van der Waals surface area contributed by atoms with E-state index in [-0.39, 0.29) is 11.7 Å². The maximum atomic E-state index is 13.1. The van der Waals surface area contributed by atoms with E-state index in [4.69, 9.17) is 27.6 Å². The van der Waals surface area contributed by atoms with Crippen LogP contribution in [0.4, 0.5) is 0 Å². The van der Waals surface area contributed by atoms with Crippen molar-refractivity contribution in [3.63, 3.8) is 0 Å². The summed E-state index contributed by atoms with van der Waals surface area (Å²) >= 11 is 12.6. The number of nitrogens with zero attached hydrogens (tertiary/aromatic N) is 3. The van der Waals surface area contributed by atoms with Crippen molar-refractivity contribution in [3.8, 4) is 0 Å². The number of pyridine rings is 1. The number of carbonyl (C=O) groups is 1. The molecule has 0 bridgehead atoms. The molecule has 5 nitrogen and oxygen atoms in total. The SMILES string of the molecule is O=C(c1ccco1)N1N=C(c2ccc(Cl)cc2)CC1c1cc2ccccc2nc1Cl. The molecule has 0 saturated carbocycles. The number of rotatable bonds is 3. The molecule has 2 aromatic carbocycles. The lowest BCUT2D eigenvalue weighted by molar-refractivity contribution is 0.0678. The molecule has 0 saturated heterocycles. The molecule has 1 atom stereocenters. The molecule has 0 fully saturated rings. The van der Waals surface area contributed by atoms with E-state index in [9.17, 15) is 4.79 Å². The largest absolute Gasteiger partial charge is 0.459 e. The van der Waals surface area contributed by atoms with Crippen molar-refractivity contribution in [3.05, 3.63) is 100 Å². The van der Waals surface area contributed by atoms with Gasteiger partial charge in [-0.1, -0.05) is 53.5 Å². The third-order valence-corrected chi connectivity index (χ3v) is 5.65. The molecule has 1 amide bonds. The smallest absolute Gasteiger partial charge is 0.310 e. The van der Waals surface area contributed by atoms with Crippen LogP contribution in [0, 0.1) is 0 Å². The number of para-hydroxylation sites is 1. The highest BCUT2D eigenvalue weighted by Crippen LogP contribution is 2.38. The molecule has 1 aliphatic rings. The second-order valence-corrected chi connectivity index (χ2v) is 7.76. The van der Waals surface area contributed by atoms with Gasteiger partial charge in [0.15, 0.2) is 5.76 Å². The highest BCUT2D eigenvalue weighted by Gasteiger charge is 2.36. The Kier molecular flexibility index (Phi) is 4.77. The zero-order valence-electron chi connectivity index (χ0n) is 15.6. The van der Waals surface area contributed by atoms with E-state index in [0.717, 1.165) is 27.7 Å². The minimum atomic E-state index is -0.405. The van der Waals surface area contributed by atoms with Crippen LogP contribution < -0.4 is 0 Å². The van der Waals surface area contributed by atoms with E-state index in [1.54, 1.807) is 24.3 Å². The van der Waals surface area contributed by atoms with Crippen LogP contribution in [-0.4, -0.2) is 21.6 Å². The lowest BCUT2D eigenvalue weighted by Gasteiger charge is -2.22. The van der Waals surface area contributed by atoms with Gasteiger partial charge in [0.2, 0.25) is 0 Å². The number of hydrazone groups is 1. The number of hydrogen-bond acceptors (Lipinski definition) is 4. The molecule has 0 aliphatic carbocycles. The molecule has 0 spiro atoms. The predicted molar refractivity (Wildman–Crippen MR) is 117 cm³/mol. The summed E-state index contributed by atoms with van der Waals surface area (Å²) in [5, 5.41) is 8.00. The van der Waals surface area contributed by atoms with Crippen molar-refractivity contribution < 1.29 is 9.21 Å². The van der Waals surface area contributed by atoms with Crippen molar-refractivity contribution in [2.75, 3.05) is 0 Å². The second-order valence-electron chi connectivity index (χ2n) is 6.96. The van der Waals surface area contributed by atoms with Crippen molar-refractivity contribution in [2.45, 2.75) is 12.5 Å². The normalized spacial score (nSPS) is 16.1. The van der Waals surface area contributed by atoms with E-state index in [1.807, 2.05) is 42.5 Å². The molecule has 5 rings (SSSR count). The number of halogens is 2. The molecule has 2 aromatic heterocycles. The molecule has 1 aliphatic heterocycles. The molecular formula is C23H15Cl2N3O2. The Morgan fingerprint density at radius 1 is 1.03 bits per heavy atom. The third-order valence-electron chi connectivity index (χ3n) is 5.09. The number of amides is 1. The van der Waals surface area contributed by atoms with Gasteiger partial charge in [0.05, 0.1) is 23.5 Å². The Labute approximate surface area is 182 Å². The molecule has 0 radical (unpaired) electrons. The fourth-order valence-electron chi connectivity index (χ4n) is 3.61. The molecule has 3 heterocycles. The minimum Gasteiger partial charge on any atom is -0.459 e. The minimum absolute atomic E-state index is 0.214. The van der Waals surface area contributed by atoms with Gasteiger partial charge in [0, 0.05) is 22.4 Å². The van der Waals surface area contributed by atoms with Gasteiger partial charge in [-0.15, -0.1) is 0 Å². The summed E-state index contributed by atoms with van der Waals surface area (Å²) in [6.45, 7) is 0. The maximum absolute atomic E-state index is 13.1. The highest BCUT2D eigenvalue weighted by molar-refractivity contribution is 6.31. The lowest BCUT2D eigenvalue weighted by atomic mass is 9.98. The first-order valence-electron chi connectivity index (χ1n) is 9.36. The zero-order chi connectivity index (χ0) is 20.7. The summed E-state index contributed by atoms with van der Waals surface area (Å²) in [4.78, 5) is 17.7. The standard InChI is InChI=1S/C23H15Cl2N3O2/c24-16-9-7-14(8-10-16)19-13-20(28(27-19)23(29)21-6-3-11-30-21)17-12-15-4-1-2-5-18(15)26-22(17)25/h1-12,20H,13H2. The number of hydrogen-bond donors (Lipinski definition) is 0. The third kappa shape index (κ3) is 3.36.